The first-order valence-electron chi connectivity index (χ1n) is 9.23. The van der Waals surface area contributed by atoms with Crippen LogP contribution in [0, 0.1) is 11.3 Å². The van der Waals surface area contributed by atoms with Gasteiger partial charge in [-0.1, -0.05) is 42.8 Å². The van der Waals surface area contributed by atoms with Crippen LogP contribution >= 0.6 is 11.6 Å². The van der Waals surface area contributed by atoms with Gasteiger partial charge in [0.2, 0.25) is 0 Å². The number of nitrogens with zero attached hydrogens (tertiary/aromatic N) is 2. The van der Waals surface area contributed by atoms with E-state index in [0.717, 1.165) is 12.0 Å². The van der Waals surface area contributed by atoms with E-state index in [-0.39, 0.29) is 24.2 Å². The molecule has 0 spiro atoms. The first kappa shape index (κ1) is 20.4. The Morgan fingerprint density at radius 3 is 2.45 bits per heavy atom. The van der Waals surface area contributed by atoms with Crippen molar-refractivity contribution in [1.29, 1.82) is 5.26 Å². The van der Waals surface area contributed by atoms with Gasteiger partial charge < -0.3 is 10.1 Å². The van der Waals surface area contributed by atoms with Gasteiger partial charge in [-0.25, -0.2) is 4.98 Å². The van der Waals surface area contributed by atoms with E-state index >= 15 is 0 Å². The predicted octanol–water partition coefficient (Wildman–Crippen LogP) is 4.72. The van der Waals surface area contributed by atoms with Crippen LogP contribution in [0.4, 0.5) is 0 Å². The maximum absolute atomic E-state index is 12.6. The highest BCUT2D eigenvalue weighted by molar-refractivity contribution is 6.30. The maximum Gasteiger partial charge on any atom is 0.270 e. The number of ether oxygens (including phenoxy) is 1. The molecule has 5 nitrogen and oxygen atoms in total. The van der Waals surface area contributed by atoms with Crippen molar-refractivity contribution in [2.24, 2.45) is 0 Å². The molecule has 1 amide bonds. The molecule has 0 radical (unpaired) electrons. The summed E-state index contributed by atoms with van der Waals surface area (Å²) >= 11 is 5.85. The van der Waals surface area contributed by atoms with Gasteiger partial charge in [0.05, 0.1) is 22.7 Å². The standard InChI is InChI=1S/C23H20ClN3O2/c1-2-16-3-7-18(8-4-16)22(15-29-20-10-5-17(13-25)6-11-20)27-23(28)21-12-9-19(24)14-26-21/h3-12,14,22H,2,15H2,1H3,(H,27,28). The number of aryl methyl sites for hydroxylation is 1. The van der Waals surface area contributed by atoms with Gasteiger partial charge in [-0.2, -0.15) is 5.26 Å². The van der Waals surface area contributed by atoms with E-state index in [1.807, 2.05) is 24.3 Å². The average Bonchev–Trinajstić information content (AvgIpc) is 2.77. The SMILES string of the molecule is CCc1ccc(C(COc2ccc(C#N)cc2)NC(=O)c2ccc(Cl)cn2)cc1. The van der Waals surface area contributed by atoms with Crippen LogP contribution in [0.25, 0.3) is 0 Å². The molecular weight excluding hydrogens is 386 g/mol. The molecule has 2 aromatic carbocycles. The second-order valence-corrected chi connectivity index (χ2v) is 6.87. The lowest BCUT2D eigenvalue weighted by Gasteiger charge is -2.20. The molecule has 0 saturated carbocycles. The van der Waals surface area contributed by atoms with Crippen molar-refractivity contribution in [1.82, 2.24) is 10.3 Å². The average molecular weight is 406 g/mol. The number of pyridine rings is 1. The first-order valence-corrected chi connectivity index (χ1v) is 9.61. The molecule has 0 fully saturated rings. The molecule has 0 aliphatic heterocycles. The minimum Gasteiger partial charge on any atom is -0.491 e. The highest BCUT2D eigenvalue weighted by Crippen LogP contribution is 2.19. The molecule has 1 unspecified atom stereocenters. The summed E-state index contributed by atoms with van der Waals surface area (Å²) in [5.41, 5.74) is 2.98. The summed E-state index contributed by atoms with van der Waals surface area (Å²) in [6, 6.07) is 19.8. The summed E-state index contributed by atoms with van der Waals surface area (Å²) < 4.78 is 5.87. The fourth-order valence-electron chi connectivity index (χ4n) is 2.75. The second-order valence-electron chi connectivity index (χ2n) is 6.43. The second kappa shape index (κ2) is 9.72. The summed E-state index contributed by atoms with van der Waals surface area (Å²) in [6.07, 6.45) is 2.38. The molecule has 3 rings (SSSR count). The highest BCUT2D eigenvalue weighted by Gasteiger charge is 2.18. The number of hydrogen-bond donors (Lipinski definition) is 1. The number of nitriles is 1. The van der Waals surface area contributed by atoms with Crippen LogP contribution in [0.1, 0.15) is 40.1 Å². The van der Waals surface area contributed by atoms with Gasteiger partial charge in [0.25, 0.3) is 5.91 Å². The lowest BCUT2D eigenvalue weighted by molar-refractivity contribution is 0.0916. The fraction of sp³-hybridized carbons (Fsp3) is 0.174. The molecule has 3 aromatic rings. The first-order chi connectivity index (χ1) is 14.1. The minimum atomic E-state index is -0.374. The van der Waals surface area contributed by atoms with Crippen molar-refractivity contribution in [2.45, 2.75) is 19.4 Å². The van der Waals surface area contributed by atoms with E-state index in [4.69, 9.17) is 21.6 Å². The van der Waals surface area contributed by atoms with E-state index in [1.165, 1.54) is 11.8 Å². The number of carbonyl (C=O) groups is 1. The Labute approximate surface area is 174 Å². The molecule has 29 heavy (non-hydrogen) atoms. The molecule has 1 N–H and O–H groups in total. The van der Waals surface area contributed by atoms with Gasteiger partial charge in [0.1, 0.15) is 18.1 Å². The molecule has 0 aliphatic rings. The van der Waals surface area contributed by atoms with E-state index in [2.05, 4.69) is 23.3 Å². The number of hydrogen-bond acceptors (Lipinski definition) is 4. The Kier molecular flexibility index (Phi) is 6.83. The van der Waals surface area contributed by atoms with E-state index in [1.54, 1.807) is 36.4 Å². The number of nitrogens with one attached hydrogen (secondary N) is 1. The molecule has 0 saturated heterocycles. The van der Waals surface area contributed by atoms with Gasteiger partial charge in [0, 0.05) is 6.20 Å². The third-order valence-corrected chi connectivity index (χ3v) is 4.68. The van der Waals surface area contributed by atoms with Crippen molar-refractivity contribution in [3.05, 3.63) is 94.3 Å². The van der Waals surface area contributed by atoms with Crippen molar-refractivity contribution >= 4 is 17.5 Å². The number of carbonyl (C=O) groups excluding carboxylic acids is 1. The third-order valence-electron chi connectivity index (χ3n) is 4.46. The Balaban J connectivity index is 1.77. The van der Waals surface area contributed by atoms with Crippen molar-refractivity contribution < 1.29 is 9.53 Å². The van der Waals surface area contributed by atoms with Crippen molar-refractivity contribution in [3.63, 3.8) is 0 Å². The van der Waals surface area contributed by atoms with Gasteiger partial charge in [0.15, 0.2) is 0 Å². The largest absolute Gasteiger partial charge is 0.491 e. The molecular formula is C23H20ClN3O2. The summed E-state index contributed by atoms with van der Waals surface area (Å²) in [5.74, 6) is 0.313. The number of rotatable bonds is 7. The molecule has 1 heterocycles. The van der Waals surface area contributed by atoms with Crippen LogP contribution in [0.15, 0.2) is 66.9 Å². The lowest BCUT2D eigenvalue weighted by Crippen LogP contribution is -2.33. The van der Waals surface area contributed by atoms with Gasteiger partial charge in [-0.15, -0.1) is 0 Å². The molecule has 0 bridgehead atoms. The summed E-state index contributed by atoms with van der Waals surface area (Å²) in [6.45, 7) is 2.32. The van der Waals surface area contributed by atoms with E-state index < -0.39 is 0 Å². The summed E-state index contributed by atoms with van der Waals surface area (Å²) in [5, 5.41) is 12.4. The number of amides is 1. The van der Waals surface area contributed by atoms with Crippen LogP contribution in [0.5, 0.6) is 5.75 Å². The number of halogens is 1. The molecule has 1 aromatic heterocycles. The van der Waals surface area contributed by atoms with Gasteiger partial charge in [-0.05, 0) is 53.9 Å². The minimum absolute atomic E-state index is 0.233. The lowest BCUT2D eigenvalue weighted by atomic mass is 10.0. The zero-order valence-electron chi connectivity index (χ0n) is 15.9. The van der Waals surface area contributed by atoms with Crippen LogP contribution in [0.3, 0.4) is 0 Å². The Hall–Kier alpha value is -3.36. The van der Waals surface area contributed by atoms with Gasteiger partial charge in [-0.3, -0.25) is 4.79 Å². The number of benzene rings is 2. The molecule has 146 valence electrons. The summed E-state index contributed by atoms with van der Waals surface area (Å²) in [7, 11) is 0. The Morgan fingerprint density at radius 2 is 1.86 bits per heavy atom. The predicted molar refractivity (Wildman–Crippen MR) is 112 cm³/mol. The third kappa shape index (κ3) is 5.56. The monoisotopic (exact) mass is 405 g/mol. The van der Waals surface area contributed by atoms with Crippen LogP contribution in [-0.4, -0.2) is 17.5 Å². The van der Waals surface area contributed by atoms with Gasteiger partial charge >= 0.3 is 0 Å². The van der Waals surface area contributed by atoms with Crippen LogP contribution in [0.2, 0.25) is 5.02 Å². The Bertz CT molecular complexity index is 994. The smallest absolute Gasteiger partial charge is 0.270 e. The van der Waals surface area contributed by atoms with E-state index in [0.29, 0.717) is 16.3 Å². The van der Waals surface area contributed by atoms with E-state index in [9.17, 15) is 4.79 Å². The number of aromatic nitrogens is 1. The topological polar surface area (TPSA) is 75.0 Å². The molecule has 6 heteroatoms. The fourth-order valence-corrected chi connectivity index (χ4v) is 2.87. The zero-order chi connectivity index (χ0) is 20.6. The van der Waals surface area contributed by atoms with Crippen LogP contribution in [-0.2, 0) is 6.42 Å². The normalized spacial score (nSPS) is 11.3. The van der Waals surface area contributed by atoms with Crippen molar-refractivity contribution in [2.75, 3.05) is 6.61 Å². The quantitative estimate of drug-likeness (QED) is 0.617. The Morgan fingerprint density at radius 1 is 1.14 bits per heavy atom. The summed E-state index contributed by atoms with van der Waals surface area (Å²) in [4.78, 5) is 16.7. The highest BCUT2D eigenvalue weighted by atomic mass is 35.5. The van der Waals surface area contributed by atoms with Crippen molar-refractivity contribution in [3.8, 4) is 11.8 Å². The molecule has 1 atom stereocenters. The maximum atomic E-state index is 12.6. The van der Waals surface area contributed by atoms with Crippen LogP contribution < -0.4 is 10.1 Å². The molecule has 0 aliphatic carbocycles. The zero-order valence-corrected chi connectivity index (χ0v) is 16.7.